The minimum atomic E-state index is -3.82. The Bertz CT molecular complexity index is 1160. The van der Waals surface area contributed by atoms with Crippen LogP contribution >= 0.6 is 11.6 Å². The minimum Gasteiger partial charge on any atom is -0.322 e. The molecule has 29 heavy (non-hydrogen) atoms. The molecule has 0 bridgehead atoms. The molecule has 5 nitrogen and oxygen atoms in total. The predicted molar refractivity (Wildman–Crippen MR) is 117 cm³/mol. The van der Waals surface area contributed by atoms with Crippen LogP contribution in [0.1, 0.15) is 21.5 Å². The predicted octanol–water partition coefficient (Wildman–Crippen LogP) is 5.03. The number of hydrogen-bond donors (Lipinski definition) is 1. The summed E-state index contributed by atoms with van der Waals surface area (Å²) in [5, 5.41) is 3.31. The van der Waals surface area contributed by atoms with E-state index in [-0.39, 0.29) is 16.1 Å². The maximum atomic E-state index is 13.1. The summed E-state index contributed by atoms with van der Waals surface area (Å²) in [5.41, 5.74) is 2.90. The van der Waals surface area contributed by atoms with E-state index < -0.39 is 15.9 Å². The van der Waals surface area contributed by atoms with Gasteiger partial charge in [0.25, 0.3) is 15.9 Å². The minimum absolute atomic E-state index is 0.159. The van der Waals surface area contributed by atoms with Gasteiger partial charge in [-0.15, -0.1) is 0 Å². The zero-order chi connectivity index (χ0) is 21.2. The molecule has 0 radical (unpaired) electrons. The summed E-state index contributed by atoms with van der Waals surface area (Å²) in [7, 11) is -2.38. The Morgan fingerprint density at radius 2 is 1.62 bits per heavy atom. The van der Waals surface area contributed by atoms with Crippen LogP contribution in [-0.4, -0.2) is 21.4 Å². The van der Waals surface area contributed by atoms with Gasteiger partial charge in [0, 0.05) is 17.8 Å². The number of sulfonamides is 1. The Morgan fingerprint density at radius 3 is 2.31 bits per heavy atom. The van der Waals surface area contributed by atoms with Gasteiger partial charge in [-0.2, -0.15) is 0 Å². The van der Waals surface area contributed by atoms with E-state index in [4.69, 9.17) is 11.6 Å². The van der Waals surface area contributed by atoms with Gasteiger partial charge in [-0.25, -0.2) is 8.42 Å². The Labute approximate surface area is 176 Å². The highest BCUT2D eigenvalue weighted by molar-refractivity contribution is 7.92. The lowest BCUT2D eigenvalue weighted by Crippen LogP contribution is -2.29. The summed E-state index contributed by atoms with van der Waals surface area (Å²) < 4.78 is 27.2. The highest BCUT2D eigenvalue weighted by Gasteiger charge is 2.25. The molecule has 0 saturated heterocycles. The highest BCUT2D eigenvalue weighted by Crippen LogP contribution is 2.27. The first kappa shape index (κ1) is 20.9. The average Bonchev–Trinajstić information content (AvgIpc) is 2.70. The van der Waals surface area contributed by atoms with Crippen LogP contribution in [0.3, 0.4) is 0 Å². The fourth-order valence-electron chi connectivity index (χ4n) is 2.86. The molecular weight excluding hydrogens is 408 g/mol. The first-order valence-corrected chi connectivity index (χ1v) is 10.7. The third-order valence-corrected chi connectivity index (χ3v) is 6.64. The molecule has 3 aromatic rings. The van der Waals surface area contributed by atoms with Crippen LogP contribution in [0.25, 0.3) is 0 Å². The van der Waals surface area contributed by atoms with Crippen molar-refractivity contribution in [3.8, 4) is 0 Å². The molecule has 0 spiro atoms. The molecule has 1 amide bonds. The Kier molecular flexibility index (Phi) is 5.96. The number of aryl methyl sites for hydroxylation is 2. The van der Waals surface area contributed by atoms with Crippen molar-refractivity contribution in [2.24, 2.45) is 0 Å². The molecule has 0 atom stereocenters. The van der Waals surface area contributed by atoms with Crippen molar-refractivity contribution in [1.29, 1.82) is 0 Å². The van der Waals surface area contributed by atoms with E-state index >= 15 is 0 Å². The molecule has 150 valence electrons. The van der Waals surface area contributed by atoms with E-state index in [0.29, 0.717) is 10.7 Å². The third-order valence-electron chi connectivity index (χ3n) is 4.62. The van der Waals surface area contributed by atoms with Crippen LogP contribution in [0.2, 0.25) is 5.02 Å². The Balaban J connectivity index is 1.97. The van der Waals surface area contributed by atoms with Crippen LogP contribution in [0.4, 0.5) is 11.4 Å². The van der Waals surface area contributed by atoms with Gasteiger partial charge in [-0.1, -0.05) is 47.5 Å². The lowest BCUT2D eigenvalue weighted by molar-refractivity contribution is 0.102. The average molecular weight is 429 g/mol. The second-order valence-electron chi connectivity index (χ2n) is 6.72. The van der Waals surface area contributed by atoms with E-state index in [1.807, 2.05) is 13.8 Å². The topological polar surface area (TPSA) is 66.5 Å². The highest BCUT2D eigenvalue weighted by atomic mass is 35.5. The van der Waals surface area contributed by atoms with Gasteiger partial charge in [0.1, 0.15) is 0 Å². The van der Waals surface area contributed by atoms with Gasteiger partial charge in [-0.05, 0) is 55.8 Å². The largest absolute Gasteiger partial charge is 0.322 e. The summed E-state index contributed by atoms with van der Waals surface area (Å²) in [6, 6.07) is 18.4. The number of hydrogen-bond acceptors (Lipinski definition) is 3. The van der Waals surface area contributed by atoms with E-state index in [0.717, 1.165) is 15.4 Å². The van der Waals surface area contributed by atoms with Gasteiger partial charge < -0.3 is 5.32 Å². The zero-order valence-corrected chi connectivity index (χ0v) is 17.9. The van der Waals surface area contributed by atoms with Crippen molar-refractivity contribution in [2.75, 3.05) is 16.7 Å². The standard InChI is InChI=1S/C22H21ClN2O3S/c1-15-8-12-18(13-9-15)29(27,28)25(3)21-7-5-4-6-19(21)22(26)24-20-14-17(23)11-10-16(20)2/h4-14H,1-3H3,(H,24,26). The molecule has 0 saturated carbocycles. The van der Waals surface area contributed by atoms with Gasteiger partial charge in [0.2, 0.25) is 0 Å². The third kappa shape index (κ3) is 4.44. The van der Waals surface area contributed by atoms with Crippen molar-refractivity contribution in [1.82, 2.24) is 0 Å². The first-order valence-electron chi connectivity index (χ1n) is 8.92. The number of benzene rings is 3. The maximum Gasteiger partial charge on any atom is 0.264 e. The molecule has 0 aliphatic rings. The monoisotopic (exact) mass is 428 g/mol. The van der Waals surface area contributed by atoms with E-state index in [2.05, 4.69) is 5.32 Å². The van der Waals surface area contributed by atoms with Crippen LogP contribution < -0.4 is 9.62 Å². The quantitative estimate of drug-likeness (QED) is 0.619. The molecule has 0 aliphatic carbocycles. The van der Waals surface area contributed by atoms with Crippen LogP contribution in [0.5, 0.6) is 0 Å². The SMILES string of the molecule is Cc1ccc(S(=O)(=O)N(C)c2ccccc2C(=O)Nc2cc(Cl)ccc2C)cc1. The van der Waals surface area contributed by atoms with Gasteiger partial charge in [0.05, 0.1) is 16.1 Å². The van der Waals surface area contributed by atoms with E-state index in [1.165, 1.54) is 7.05 Å². The van der Waals surface area contributed by atoms with E-state index in [9.17, 15) is 13.2 Å². The zero-order valence-electron chi connectivity index (χ0n) is 16.3. The molecule has 7 heteroatoms. The fraction of sp³-hybridized carbons (Fsp3) is 0.136. The summed E-state index contributed by atoms with van der Waals surface area (Å²) >= 11 is 6.03. The lowest BCUT2D eigenvalue weighted by atomic mass is 10.1. The molecule has 1 N–H and O–H groups in total. The number of carbonyl (C=O) groups is 1. The number of amides is 1. The summed E-state index contributed by atoms with van der Waals surface area (Å²) in [6.45, 7) is 3.74. The van der Waals surface area contributed by atoms with Crippen molar-refractivity contribution < 1.29 is 13.2 Å². The molecule has 3 rings (SSSR count). The maximum absolute atomic E-state index is 13.1. The summed E-state index contributed by atoms with van der Waals surface area (Å²) in [4.78, 5) is 13.1. The first-order chi connectivity index (χ1) is 13.7. The molecule has 0 aliphatic heterocycles. The smallest absolute Gasteiger partial charge is 0.264 e. The number of nitrogens with zero attached hydrogens (tertiary/aromatic N) is 1. The Hall–Kier alpha value is -2.83. The molecule has 0 aromatic heterocycles. The van der Waals surface area contributed by atoms with Crippen molar-refractivity contribution >= 4 is 38.9 Å². The van der Waals surface area contributed by atoms with Crippen LogP contribution in [0.15, 0.2) is 71.6 Å². The number of anilines is 2. The lowest BCUT2D eigenvalue weighted by Gasteiger charge is -2.22. The number of halogens is 1. The number of rotatable bonds is 5. The molecule has 0 fully saturated rings. The molecule has 0 unspecified atom stereocenters. The molecular formula is C22H21ClN2O3S. The second kappa shape index (κ2) is 8.27. The van der Waals surface area contributed by atoms with Crippen molar-refractivity contribution in [3.05, 3.63) is 88.4 Å². The molecule has 0 heterocycles. The summed E-state index contributed by atoms with van der Waals surface area (Å²) in [6.07, 6.45) is 0. The number of nitrogens with one attached hydrogen (secondary N) is 1. The summed E-state index contributed by atoms with van der Waals surface area (Å²) in [5.74, 6) is -0.420. The number of carbonyl (C=O) groups excluding carboxylic acids is 1. The van der Waals surface area contributed by atoms with Crippen LogP contribution in [-0.2, 0) is 10.0 Å². The van der Waals surface area contributed by atoms with Gasteiger partial charge >= 0.3 is 0 Å². The Morgan fingerprint density at radius 1 is 0.966 bits per heavy atom. The van der Waals surface area contributed by atoms with Crippen molar-refractivity contribution in [2.45, 2.75) is 18.7 Å². The fourth-order valence-corrected chi connectivity index (χ4v) is 4.24. The van der Waals surface area contributed by atoms with Gasteiger partial charge in [-0.3, -0.25) is 9.10 Å². The molecule has 3 aromatic carbocycles. The van der Waals surface area contributed by atoms with E-state index in [1.54, 1.807) is 66.7 Å². The second-order valence-corrected chi connectivity index (χ2v) is 9.12. The van der Waals surface area contributed by atoms with Crippen LogP contribution in [0, 0.1) is 13.8 Å². The number of para-hydroxylation sites is 1. The van der Waals surface area contributed by atoms with Gasteiger partial charge in [0.15, 0.2) is 0 Å². The normalized spacial score (nSPS) is 11.2. The van der Waals surface area contributed by atoms with Crippen molar-refractivity contribution in [3.63, 3.8) is 0 Å².